The molecule has 0 aliphatic heterocycles. The van der Waals surface area contributed by atoms with Crippen LogP contribution in [0.25, 0.3) is 5.69 Å². The van der Waals surface area contributed by atoms with Crippen molar-refractivity contribution < 1.29 is 22.4 Å². The van der Waals surface area contributed by atoms with Crippen LogP contribution < -0.4 is 0 Å². The van der Waals surface area contributed by atoms with E-state index in [4.69, 9.17) is 0 Å². The van der Waals surface area contributed by atoms with Crippen LogP contribution in [0.5, 0.6) is 0 Å². The molecule has 0 bridgehead atoms. The van der Waals surface area contributed by atoms with Crippen molar-refractivity contribution >= 4 is 5.78 Å². The van der Waals surface area contributed by atoms with Gasteiger partial charge in [-0.05, 0) is 25.1 Å². The Bertz CT molecular complexity index is 691. The molecule has 112 valence electrons. The molecule has 8 heteroatoms. The molecule has 0 fully saturated rings. The molecule has 0 spiro atoms. The molecule has 0 radical (unpaired) electrons. The Kier molecular flexibility index (Phi) is 3.80. The van der Waals surface area contributed by atoms with Crippen LogP contribution in [-0.2, 0) is 6.18 Å². The number of halogens is 4. The number of carbonyl (C=O) groups is 1. The van der Waals surface area contributed by atoms with Crippen molar-refractivity contribution in [3.63, 3.8) is 0 Å². The van der Waals surface area contributed by atoms with E-state index in [1.54, 1.807) is 6.92 Å². The van der Waals surface area contributed by atoms with Crippen LogP contribution in [0.3, 0.4) is 0 Å². The van der Waals surface area contributed by atoms with Gasteiger partial charge in [-0.1, -0.05) is 12.1 Å². The van der Waals surface area contributed by atoms with Gasteiger partial charge in [0.15, 0.2) is 11.5 Å². The fraction of sp³-hybridized carbons (Fsp3) is 0.308. The number of hydrogen-bond donors (Lipinski definition) is 0. The van der Waals surface area contributed by atoms with Gasteiger partial charge < -0.3 is 0 Å². The highest BCUT2D eigenvalue weighted by atomic mass is 19.4. The fourth-order valence-electron chi connectivity index (χ4n) is 1.84. The molecule has 0 atom stereocenters. The van der Waals surface area contributed by atoms with Gasteiger partial charge in [0.1, 0.15) is 11.5 Å². The number of nitrogens with zero attached hydrogens (tertiary/aromatic N) is 3. The van der Waals surface area contributed by atoms with Crippen LogP contribution >= 0.6 is 0 Å². The third-order valence-corrected chi connectivity index (χ3v) is 2.98. The highest BCUT2D eigenvalue weighted by molar-refractivity contribution is 5.94. The van der Waals surface area contributed by atoms with Gasteiger partial charge in [0, 0.05) is 6.42 Å². The summed E-state index contributed by atoms with van der Waals surface area (Å²) < 4.78 is 52.4. The standard InChI is InChI=1S/C13H11F4N3O/c1-3-11(21)12-7(2)20(19-18-12)10-5-4-8(6-9(10)14)13(15,16)17/h4-6H,3H2,1-2H3. The maximum absolute atomic E-state index is 13.9. The van der Waals surface area contributed by atoms with E-state index in [2.05, 4.69) is 10.3 Å². The first kappa shape index (κ1) is 15.1. The van der Waals surface area contributed by atoms with Crippen molar-refractivity contribution in [2.45, 2.75) is 26.4 Å². The Morgan fingerprint density at radius 2 is 2.00 bits per heavy atom. The average Bonchev–Trinajstić information content (AvgIpc) is 2.78. The summed E-state index contributed by atoms with van der Waals surface area (Å²) >= 11 is 0. The lowest BCUT2D eigenvalue weighted by Gasteiger charge is -2.09. The summed E-state index contributed by atoms with van der Waals surface area (Å²) in [7, 11) is 0. The number of benzene rings is 1. The maximum Gasteiger partial charge on any atom is 0.416 e. The van der Waals surface area contributed by atoms with Crippen molar-refractivity contribution in [3.8, 4) is 5.69 Å². The summed E-state index contributed by atoms with van der Waals surface area (Å²) in [5, 5.41) is 7.28. The first-order valence-electron chi connectivity index (χ1n) is 6.08. The molecule has 2 aromatic rings. The Morgan fingerprint density at radius 1 is 1.33 bits per heavy atom. The molecule has 21 heavy (non-hydrogen) atoms. The second kappa shape index (κ2) is 5.27. The number of hydrogen-bond acceptors (Lipinski definition) is 3. The van der Waals surface area contributed by atoms with Gasteiger partial charge >= 0.3 is 6.18 Å². The first-order valence-corrected chi connectivity index (χ1v) is 6.08. The van der Waals surface area contributed by atoms with E-state index in [1.807, 2.05) is 0 Å². The monoisotopic (exact) mass is 301 g/mol. The number of ketones is 1. The van der Waals surface area contributed by atoms with Gasteiger partial charge in [-0.25, -0.2) is 9.07 Å². The zero-order valence-electron chi connectivity index (χ0n) is 11.2. The minimum Gasteiger partial charge on any atom is -0.292 e. The van der Waals surface area contributed by atoms with Crippen LogP contribution in [0.2, 0.25) is 0 Å². The molecule has 4 nitrogen and oxygen atoms in total. The smallest absolute Gasteiger partial charge is 0.292 e. The Balaban J connectivity index is 2.49. The summed E-state index contributed by atoms with van der Waals surface area (Å²) in [6.45, 7) is 3.14. The van der Waals surface area contributed by atoms with Crippen LogP contribution in [0.1, 0.15) is 35.1 Å². The second-order valence-corrected chi connectivity index (χ2v) is 4.38. The third kappa shape index (κ3) is 2.79. The van der Waals surface area contributed by atoms with E-state index in [9.17, 15) is 22.4 Å². The predicted molar refractivity (Wildman–Crippen MR) is 65.7 cm³/mol. The Hall–Kier alpha value is -2.25. The fourth-order valence-corrected chi connectivity index (χ4v) is 1.84. The zero-order chi connectivity index (χ0) is 15.8. The summed E-state index contributed by atoms with van der Waals surface area (Å²) in [6, 6.07) is 2.10. The van der Waals surface area contributed by atoms with Crippen LogP contribution in [0, 0.1) is 12.7 Å². The van der Waals surface area contributed by atoms with E-state index >= 15 is 0 Å². The summed E-state index contributed by atoms with van der Waals surface area (Å²) in [5.74, 6) is -1.36. The van der Waals surface area contributed by atoms with Crippen molar-refractivity contribution in [2.24, 2.45) is 0 Å². The lowest BCUT2D eigenvalue weighted by Crippen LogP contribution is -2.09. The molecule has 0 N–H and O–H groups in total. The molecule has 0 aliphatic rings. The van der Waals surface area contributed by atoms with E-state index in [-0.39, 0.29) is 29.3 Å². The van der Waals surface area contributed by atoms with Gasteiger partial charge in [-0.15, -0.1) is 5.10 Å². The zero-order valence-corrected chi connectivity index (χ0v) is 11.2. The SMILES string of the molecule is CCC(=O)c1nnn(-c2ccc(C(F)(F)F)cc2F)c1C. The maximum atomic E-state index is 13.9. The summed E-state index contributed by atoms with van der Waals surface area (Å²) in [4.78, 5) is 11.6. The number of rotatable bonds is 3. The Labute approximate surface area is 117 Å². The average molecular weight is 301 g/mol. The molecule has 0 aliphatic carbocycles. The number of carbonyl (C=O) groups excluding carboxylic acids is 1. The topological polar surface area (TPSA) is 47.8 Å². The van der Waals surface area contributed by atoms with E-state index < -0.39 is 17.6 Å². The molecule has 0 saturated carbocycles. The van der Waals surface area contributed by atoms with Crippen molar-refractivity contribution in [2.75, 3.05) is 0 Å². The van der Waals surface area contributed by atoms with Crippen molar-refractivity contribution in [1.82, 2.24) is 15.0 Å². The minimum absolute atomic E-state index is 0.0804. The summed E-state index contributed by atoms with van der Waals surface area (Å²) in [5.41, 5.74) is -0.924. The van der Waals surface area contributed by atoms with Gasteiger partial charge in [0.2, 0.25) is 0 Å². The lowest BCUT2D eigenvalue weighted by molar-refractivity contribution is -0.137. The molecule has 1 aromatic carbocycles. The Morgan fingerprint density at radius 3 is 2.52 bits per heavy atom. The number of alkyl halides is 3. The van der Waals surface area contributed by atoms with Gasteiger partial charge in [0.25, 0.3) is 0 Å². The van der Waals surface area contributed by atoms with Crippen LogP contribution in [0.15, 0.2) is 18.2 Å². The highest BCUT2D eigenvalue weighted by Gasteiger charge is 2.31. The van der Waals surface area contributed by atoms with Gasteiger partial charge in [0.05, 0.1) is 11.3 Å². The van der Waals surface area contributed by atoms with Gasteiger partial charge in [-0.3, -0.25) is 4.79 Å². The molecule has 0 saturated heterocycles. The van der Waals surface area contributed by atoms with Crippen LogP contribution in [0.4, 0.5) is 17.6 Å². The lowest BCUT2D eigenvalue weighted by atomic mass is 10.1. The molecule has 1 heterocycles. The number of aromatic nitrogens is 3. The summed E-state index contributed by atoms with van der Waals surface area (Å²) in [6.07, 6.45) is -4.42. The highest BCUT2D eigenvalue weighted by Crippen LogP contribution is 2.31. The first-order chi connectivity index (χ1) is 9.75. The minimum atomic E-state index is -4.62. The molecule has 2 rings (SSSR count). The molecular weight excluding hydrogens is 290 g/mol. The van der Waals surface area contributed by atoms with E-state index in [1.165, 1.54) is 6.92 Å². The molecule has 0 amide bonds. The van der Waals surface area contributed by atoms with E-state index in [0.717, 1.165) is 16.8 Å². The quantitative estimate of drug-likeness (QED) is 0.645. The third-order valence-electron chi connectivity index (χ3n) is 2.98. The molecular formula is C13H11F4N3O. The van der Waals surface area contributed by atoms with Crippen molar-refractivity contribution in [3.05, 3.63) is 41.0 Å². The normalized spacial score (nSPS) is 11.7. The van der Waals surface area contributed by atoms with Crippen molar-refractivity contribution in [1.29, 1.82) is 0 Å². The number of Topliss-reactive ketones (excluding diaryl/α,β-unsaturated/α-hetero) is 1. The largest absolute Gasteiger partial charge is 0.416 e. The predicted octanol–water partition coefficient (Wildman–Crippen LogP) is 3.33. The molecule has 0 unspecified atom stereocenters. The van der Waals surface area contributed by atoms with Gasteiger partial charge in [-0.2, -0.15) is 13.2 Å². The van der Waals surface area contributed by atoms with Crippen LogP contribution in [-0.4, -0.2) is 20.8 Å². The second-order valence-electron chi connectivity index (χ2n) is 4.38. The van der Waals surface area contributed by atoms with E-state index in [0.29, 0.717) is 6.07 Å². The molecule has 1 aromatic heterocycles.